The lowest BCUT2D eigenvalue weighted by molar-refractivity contribution is -0.124. The van der Waals surface area contributed by atoms with Crippen LogP contribution in [-0.4, -0.2) is 18.9 Å². The van der Waals surface area contributed by atoms with Gasteiger partial charge in [0.2, 0.25) is 6.29 Å². The van der Waals surface area contributed by atoms with Crippen LogP contribution < -0.4 is 0 Å². The molecule has 5 atom stereocenters. The zero-order chi connectivity index (χ0) is 25.4. The van der Waals surface area contributed by atoms with E-state index in [1.54, 1.807) is 0 Å². The van der Waals surface area contributed by atoms with Crippen molar-refractivity contribution in [2.24, 2.45) is 22.7 Å². The Morgan fingerprint density at radius 2 is 1.82 bits per heavy atom. The van der Waals surface area contributed by atoms with Crippen LogP contribution in [0.1, 0.15) is 135 Å². The molecule has 2 rings (SSSR count). The van der Waals surface area contributed by atoms with E-state index in [0.29, 0.717) is 23.5 Å². The van der Waals surface area contributed by atoms with E-state index < -0.39 is 6.29 Å². The Hall–Kier alpha value is -1.35. The highest BCUT2D eigenvalue weighted by atomic mass is 16.7. The average Bonchev–Trinajstić information content (AvgIpc) is 2.75. The van der Waals surface area contributed by atoms with Crippen LogP contribution in [0.4, 0.5) is 0 Å². The second kappa shape index (κ2) is 13.1. The normalized spacial score (nSPS) is 25.1. The molecule has 1 saturated carbocycles. The highest BCUT2D eigenvalue weighted by Crippen LogP contribution is 2.45. The largest absolute Gasteiger partial charge is 0.432 e. The molecule has 0 N–H and O–H groups in total. The number of hydrogen-bond donors (Lipinski definition) is 0. The molecule has 1 aliphatic carbocycles. The Kier molecular flexibility index (Phi) is 11.1. The van der Waals surface area contributed by atoms with Gasteiger partial charge >= 0.3 is 5.97 Å². The van der Waals surface area contributed by atoms with E-state index in [1.807, 2.05) is 24.3 Å². The van der Waals surface area contributed by atoms with Crippen molar-refractivity contribution in [1.29, 1.82) is 0 Å². The molecule has 1 aromatic rings. The molecule has 0 radical (unpaired) electrons. The molecule has 0 saturated heterocycles. The second-order valence-corrected chi connectivity index (χ2v) is 12.7. The number of esters is 1. The summed E-state index contributed by atoms with van der Waals surface area (Å²) < 4.78 is 12.2. The average molecular weight is 473 g/mol. The lowest BCUT2D eigenvalue weighted by Crippen LogP contribution is -2.32. The summed E-state index contributed by atoms with van der Waals surface area (Å²) in [6, 6.07) is 7.88. The SMILES string of the molecule is CCCC1CC(C)CC(C)(CCOC(CCC(C)(C)C)OC(=O)c2ccc(C(C)CC)cc2)C1. The molecule has 3 heteroatoms. The summed E-state index contributed by atoms with van der Waals surface area (Å²) in [7, 11) is 0. The summed E-state index contributed by atoms with van der Waals surface area (Å²) in [5.74, 6) is 1.83. The van der Waals surface area contributed by atoms with Crippen LogP contribution >= 0.6 is 0 Å². The molecule has 5 unspecified atom stereocenters. The van der Waals surface area contributed by atoms with Gasteiger partial charge in [-0.1, -0.05) is 80.4 Å². The van der Waals surface area contributed by atoms with Crippen LogP contribution in [0.2, 0.25) is 0 Å². The first-order valence-electron chi connectivity index (χ1n) is 13.9. The third-order valence-corrected chi connectivity index (χ3v) is 7.76. The van der Waals surface area contributed by atoms with Gasteiger partial charge in [-0.2, -0.15) is 0 Å². The number of ether oxygens (including phenoxy) is 2. The quantitative estimate of drug-likeness (QED) is 0.225. The van der Waals surface area contributed by atoms with Gasteiger partial charge in [-0.15, -0.1) is 0 Å². The number of carbonyl (C=O) groups excluding carboxylic acids is 1. The fourth-order valence-electron chi connectivity index (χ4n) is 5.72. The Bertz CT molecular complexity index is 732. The van der Waals surface area contributed by atoms with Gasteiger partial charge in [0.1, 0.15) is 0 Å². The molecule has 0 aromatic heterocycles. The molecule has 194 valence electrons. The van der Waals surface area contributed by atoms with Crippen LogP contribution in [0.3, 0.4) is 0 Å². The summed E-state index contributed by atoms with van der Waals surface area (Å²) >= 11 is 0. The van der Waals surface area contributed by atoms with E-state index in [0.717, 1.165) is 37.5 Å². The van der Waals surface area contributed by atoms with Crippen LogP contribution in [-0.2, 0) is 9.47 Å². The van der Waals surface area contributed by atoms with E-state index in [1.165, 1.54) is 37.7 Å². The first-order valence-corrected chi connectivity index (χ1v) is 13.9. The van der Waals surface area contributed by atoms with Gasteiger partial charge in [0.15, 0.2) is 0 Å². The molecule has 0 bridgehead atoms. The smallest absolute Gasteiger partial charge is 0.340 e. The number of hydrogen-bond acceptors (Lipinski definition) is 3. The second-order valence-electron chi connectivity index (χ2n) is 12.7. The maximum Gasteiger partial charge on any atom is 0.340 e. The van der Waals surface area contributed by atoms with Crippen LogP contribution in [0, 0.1) is 22.7 Å². The van der Waals surface area contributed by atoms with Crippen LogP contribution in [0.15, 0.2) is 24.3 Å². The van der Waals surface area contributed by atoms with Crippen molar-refractivity contribution < 1.29 is 14.3 Å². The maximum absolute atomic E-state index is 12.9. The third kappa shape index (κ3) is 9.72. The molecule has 34 heavy (non-hydrogen) atoms. The molecule has 3 nitrogen and oxygen atoms in total. The molecule has 0 spiro atoms. The third-order valence-electron chi connectivity index (χ3n) is 7.76. The van der Waals surface area contributed by atoms with E-state index >= 15 is 0 Å². The summed E-state index contributed by atoms with van der Waals surface area (Å²) in [5.41, 5.74) is 2.36. The Labute approximate surface area is 210 Å². The van der Waals surface area contributed by atoms with Gasteiger partial charge in [-0.3, -0.25) is 0 Å². The zero-order valence-corrected chi connectivity index (χ0v) is 23.4. The maximum atomic E-state index is 12.9. The standard InChI is InChI=1S/C31H52O3/c1-9-11-25-20-23(3)21-31(8,22-25)18-19-33-28(16-17-30(5,6)7)34-29(32)27-14-12-26(13-15-27)24(4)10-2/h12-15,23-25,28H,9-11,16-22H2,1-8H3. The molecular weight excluding hydrogens is 420 g/mol. The Morgan fingerprint density at radius 1 is 1.15 bits per heavy atom. The first kappa shape index (κ1) is 28.9. The van der Waals surface area contributed by atoms with E-state index in [9.17, 15) is 4.79 Å². The van der Waals surface area contributed by atoms with Gasteiger partial charge < -0.3 is 9.47 Å². The van der Waals surface area contributed by atoms with Crippen LogP contribution in [0.25, 0.3) is 0 Å². The van der Waals surface area contributed by atoms with Gasteiger partial charge in [0, 0.05) is 6.42 Å². The summed E-state index contributed by atoms with van der Waals surface area (Å²) in [4.78, 5) is 12.9. The minimum Gasteiger partial charge on any atom is -0.432 e. The van der Waals surface area contributed by atoms with Gasteiger partial charge in [0.05, 0.1) is 12.2 Å². The van der Waals surface area contributed by atoms with E-state index in [2.05, 4.69) is 55.4 Å². The minimum absolute atomic E-state index is 0.171. The van der Waals surface area contributed by atoms with Gasteiger partial charge in [-0.05, 0) is 84.8 Å². The van der Waals surface area contributed by atoms with E-state index in [-0.39, 0.29) is 11.4 Å². The Morgan fingerprint density at radius 3 is 2.41 bits per heavy atom. The lowest BCUT2D eigenvalue weighted by Gasteiger charge is -2.42. The molecule has 0 aliphatic heterocycles. The Balaban J connectivity index is 1.98. The fourth-order valence-corrected chi connectivity index (χ4v) is 5.72. The predicted molar refractivity (Wildman–Crippen MR) is 143 cm³/mol. The highest BCUT2D eigenvalue weighted by molar-refractivity contribution is 5.89. The van der Waals surface area contributed by atoms with Crippen molar-refractivity contribution in [3.8, 4) is 0 Å². The first-order chi connectivity index (χ1) is 15.9. The predicted octanol–water partition coefficient (Wildman–Crippen LogP) is 9.16. The molecule has 0 amide bonds. The monoisotopic (exact) mass is 472 g/mol. The summed E-state index contributed by atoms with van der Waals surface area (Å²) in [5, 5.41) is 0. The van der Waals surface area contributed by atoms with Crippen molar-refractivity contribution in [2.75, 3.05) is 6.61 Å². The highest BCUT2D eigenvalue weighted by Gasteiger charge is 2.35. The topological polar surface area (TPSA) is 35.5 Å². The summed E-state index contributed by atoms with van der Waals surface area (Å²) in [6.45, 7) is 18.8. The number of benzene rings is 1. The van der Waals surface area contributed by atoms with E-state index in [4.69, 9.17) is 9.47 Å². The van der Waals surface area contributed by atoms with Crippen LogP contribution in [0.5, 0.6) is 0 Å². The molecule has 1 aliphatic rings. The van der Waals surface area contributed by atoms with Crippen molar-refractivity contribution in [3.63, 3.8) is 0 Å². The number of rotatable bonds is 12. The van der Waals surface area contributed by atoms with Crippen molar-refractivity contribution in [1.82, 2.24) is 0 Å². The van der Waals surface area contributed by atoms with Crippen molar-refractivity contribution in [3.05, 3.63) is 35.4 Å². The number of carbonyl (C=O) groups is 1. The fraction of sp³-hybridized carbons (Fsp3) is 0.774. The molecule has 1 fully saturated rings. The van der Waals surface area contributed by atoms with Crippen molar-refractivity contribution >= 4 is 5.97 Å². The summed E-state index contributed by atoms with van der Waals surface area (Å²) in [6.07, 6.45) is 9.85. The zero-order valence-electron chi connectivity index (χ0n) is 23.4. The molecule has 1 aromatic carbocycles. The van der Waals surface area contributed by atoms with Gasteiger partial charge in [-0.25, -0.2) is 4.79 Å². The van der Waals surface area contributed by atoms with Crippen molar-refractivity contribution in [2.45, 2.75) is 125 Å². The lowest BCUT2D eigenvalue weighted by atomic mass is 9.64. The molecule has 0 heterocycles. The minimum atomic E-state index is -0.489. The van der Waals surface area contributed by atoms with Gasteiger partial charge in [0.25, 0.3) is 0 Å². The molecular formula is C31H52O3.